The Bertz CT molecular complexity index is 1390. The van der Waals surface area contributed by atoms with E-state index in [2.05, 4.69) is 36.5 Å². The first-order valence-corrected chi connectivity index (χ1v) is 24.7. The highest BCUT2D eigenvalue weighted by atomic mass is 16.8. The van der Waals surface area contributed by atoms with E-state index in [1.807, 2.05) is 6.92 Å². The number of nitrogens with one attached hydrogen (secondary N) is 1. The molecule has 0 bridgehead atoms. The molecule has 3 fully saturated rings. The van der Waals surface area contributed by atoms with Gasteiger partial charge in [-0.1, -0.05) is 115 Å². The van der Waals surface area contributed by atoms with Crippen LogP contribution in [0.3, 0.4) is 0 Å². The Labute approximate surface area is 396 Å². The fourth-order valence-electron chi connectivity index (χ4n) is 8.22. The minimum atomic E-state index is -1.98. The molecule has 0 saturated carbocycles. The molecule has 390 valence electrons. The van der Waals surface area contributed by atoms with Gasteiger partial charge < -0.3 is 89.9 Å². The van der Waals surface area contributed by atoms with E-state index in [9.17, 15) is 61.0 Å². The van der Waals surface area contributed by atoms with E-state index in [-0.39, 0.29) is 18.9 Å². The number of unbranched alkanes of at least 4 members (excludes halogenated alkanes) is 13. The number of allylic oxidation sites excluding steroid dienone is 5. The van der Waals surface area contributed by atoms with Crippen LogP contribution < -0.4 is 5.32 Å². The molecule has 0 aliphatic carbocycles. The summed E-state index contributed by atoms with van der Waals surface area (Å²) in [6, 6.07) is -0.987. The number of aliphatic hydroxyl groups is 11. The van der Waals surface area contributed by atoms with Crippen LogP contribution in [0.25, 0.3) is 0 Å². The quantitative estimate of drug-likeness (QED) is 0.0323. The molecule has 67 heavy (non-hydrogen) atoms. The normalized spacial score (nSPS) is 33.8. The van der Waals surface area contributed by atoms with Crippen molar-refractivity contribution in [1.29, 1.82) is 0 Å². The third kappa shape index (κ3) is 20.0. The molecule has 17 atom stereocenters. The minimum absolute atomic E-state index is 0.217. The van der Waals surface area contributed by atoms with Gasteiger partial charge in [0.15, 0.2) is 18.9 Å². The van der Waals surface area contributed by atoms with E-state index < -0.39 is 124 Å². The number of amides is 1. The Balaban J connectivity index is 1.51. The number of rotatable bonds is 33. The van der Waals surface area contributed by atoms with Crippen LogP contribution in [0.5, 0.6) is 0 Å². The average Bonchev–Trinajstić information content (AvgIpc) is 3.32. The molecule has 3 aliphatic heterocycles. The van der Waals surface area contributed by atoms with Gasteiger partial charge in [0.05, 0.1) is 38.6 Å². The fraction of sp³-hybridized carbons (Fsp3) is 0.854. The van der Waals surface area contributed by atoms with Gasteiger partial charge in [-0.2, -0.15) is 0 Å². The average molecular weight is 964 g/mol. The highest BCUT2D eigenvalue weighted by Gasteiger charge is 2.53. The highest BCUT2D eigenvalue weighted by Crippen LogP contribution is 2.33. The van der Waals surface area contributed by atoms with Gasteiger partial charge in [-0.15, -0.1) is 0 Å². The molecule has 3 heterocycles. The maximum atomic E-state index is 12.9. The smallest absolute Gasteiger partial charge is 0.220 e. The number of carbonyl (C=O) groups excluding carboxylic acids is 1. The SMILES string of the molecule is CCCCCCCCCCC/C=C/CC/C=C/CC/C=C/C(O)C(COC1OC(CO)C(OC2OC(CO)C(OC3OC(CO)C(O)C(O)C3O)C(O)C2O)C(O)C1O)NC(=O)CCCCC. The van der Waals surface area contributed by atoms with Gasteiger partial charge in [-0.3, -0.25) is 4.79 Å². The van der Waals surface area contributed by atoms with Crippen LogP contribution in [0, 0.1) is 0 Å². The monoisotopic (exact) mass is 964 g/mol. The molecule has 1 amide bonds. The number of carbonyl (C=O) groups is 1. The van der Waals surface area contributed by atoms with Crippen LogP contribution in [0.1, 0.15) is 129 Å². The lowest BCUT2D eigenvalue weighted by Gasteiger charge is -2.48. The summed E-state index contributed by atoms with van der Waals surface area (Å²) < 4.78 is 33.9. The minimum Gasteiger partial charge on any atom is -0.394 e. The summed E-state index contributed by atoms with van der Waals surface area (Å²) in [5.41, 5.74) is 0. The third-order valence-electron chi connectivity index (χ3n) is 12.4. The summed E-state index contributed by atoms with van der Waals surface area (Å²) in [7, 11) is 0. The third-order valence-corrected chi connectivity index (χ3v) is 12.4. The van der Waals surface area contributed by atoms with Gasteiger partial charge in [-0.25, -0.2) is 0 Å². The van der Waals surface area contributed by atoms with Crippen molar-refractivity contribution in [2.45, 2.75) is 234 Å². The first-order chi connectivity index (χ1) is 32.3. The van der Waals surface area contributed by atoms with Crippen LogP contribution >= 0.6 is 0 Å². The van der Waals surface area contributed by atoms with Gasteiger partial charge in [0, 0.05) is 6.42 Å². The fourth-order valence-corrected chi connectivity index (χ4v) is 8.22. The topological polar surface area (TPSA) is 307 Å². The number of hydrogen-bond donors (Lipinski definition) is 12. The summed E-state index contributed by atoms with van der Waals surface area (Å²) in [4.78, 5) is 12.9. The molecule has 19 heteroatoms. The largest absolute Gasteiger partial charge is 0.394 e. The molecule has 3 rings (SSSR count). The van der Waals surface area contributed by atoms with Crippen LogP contribution in [-0.4, -0.2) is 193 Å². The lowest BCUT2D eigenvalue weighted by molar-refractivity contribution is -0.379. The van der Waals surface area contributed by atoms with E-state index in [1.54, 1.807) is 12.2 Å². The van der Waals surface area contributed by atoms with E-state index in [0.29, 0.717) is 12.8 Å². The summed E-state index contributed by atoms with van der Waals surface area (Å²) in [6.45, 7) is 1.45. The predicted molar refractivity (Wildman–Crippen MR) is 245 cm³/mol. The first kappa shape index (κ1) is 59.3. The first-order valence-electron chi connectivity index (χ1n) is 24.7. The van der Waals surface area contributed by atoms with Gasteiger partial charge >= 0.3 is 0 Å². The summed E-state index contributed by atoms with van der Waals surface area (Å²) in [6.07, 6.45) is 4.16. The van der Waals surface area contributed by atoms with Crippen molar-refractivity contribution in [3.05, 3.63) is 36.5 Å². The van der Waals surface area contributed by atoms with Crippen molar-refractivity contribution in [2.75, 3.05) is 26.4 Å². The zero-order chi connectivity index (χ0) is 49.1. The van der Waals surface area contributed by atoms with Crippen molar-refractivity contribution in [3.8, 4) is 0 Å². The van der Waals surface area contributed by atoms with Crippen LogP contribution in [0.15, 0.2) is 36.5 Å². The van der Waals surface area contributed by atoms with Crippen LogP contribution in [0.4, 0.5) is 0 Å². The number of hydrogen-bond acceptors (Lipinski definition) is 18. The summed E-state index contributed by atoms with van der Waals surface area (Å²) in [5, 5.41) is 119. The molecular weight excluding hydrogens is 879 g/mol. The Morgan fingerprint density at radius 3 is 1.49 bits per heavy atom. The van der Waals surface area contributed by atoms with E-state index >= 15 is 0 Å². The molecule has 3 aliphatic rings. The number of aliphatic hydroxyl groups excluding tert-OH is 11. The number of ether oxygens (including phenoxy) is 6. The van der Waals surface area contributed by atoms with Crippen molar-refractivity contribution in [2.24, 2.45) is 0 Å². The molecule has 0 aromatic heterocycles. The zero-order valence-electron chi connectivity index (χ0n) is 39.6. The second-order valence-corrected chi connectivity index (χ2v) is 17.9. The van der Waals surface area contributed by atoms with E-state index in [1.165, 1.54) is 57.8 Å². The molecule has 0 radical (unpaired) electrons. The molecule has 0 aromatic carbocycles. The van der Waals surface area contributed by atoms with Crippen LogP contribution in [-0.2, 0) is 33.2 Å². The lowest BCUT2D eigenvalue weighted by Crippen LogP contribution is -2.66. The van der Waals surface area contributed by atoms with Gasteiger partial charge in [0.2, 0.25) is 5.91 Å². The van der Waals surface area contributed by atoms with Gasteiger partial charge in [0.25, 0.3) is 0 Å². The lowest BCUT2D eigenvalue weighted by atomic mass is 9.96. The Kier molecular flexibility index (Phi) is 29.7. The molecule has 19 nitrogen and oxygen atoms in total. The van der Waals surface area contributed by atoms with E-state index in [0.717, 1.165) is 38.5 Å². The Morgan fingerprint density at radius 1 is 0.522 bits per heavy atom. The molecule has 17 unspecified atom stereocenters. The highest BCUT2D eigenvalue weighted by molar-refractivity contribution is 5.76. The van der Waals surface area contributed by atoms with Crippen molar-refractivity contribution in [3.63, 3.8) is 0 Å². The molecule has 0 spiro atoms. The second kappa shape index (κ2) is 33.6. The summed E-state index contributed by atoms with van der Waals surface area (Å²) in [5.74, 6) is -0.318. The van der Waals surface area contributed by atoms with E-state index in [4.69, 9.17) is 28.4 Å². The standard InChI is InChI=1S/C48H85NO18/c1-3-5-7-8-9-10-11-12-13-14-15-16-17-18-19-20-21-22-24-25-32(53)31(49-36(54)26-23-6-4-2)30-62-46-42(60)39(57)44(34(28-51)64-46)67-48-43(61)40(58)45(35(29-52)65-48)66-47-41(59)38(56)37(55)33(27-50)63-47/h15-16,19-20,24-25,31-35,37-48,50-53,55-61H,3-14,17-18,21-23,26-30H2,1-2H3,(H,49,54)/b16-15+,20-19+,25-24+. The molecule has 0 aromatic rings. The molecular formula is C48H85NO18. The maximum absolute atomic E-state index is 12.9. The Hall–Kier alpha value is -1.99. The second-order valence-electron chi connectivity index (χ2n) is 17.9. The van der Waals surface area contributed by atoms with Gasteiger partial charge in [0.1, 0.15) is 73.2 Å². The maximum Gasteiger partial charge on any atom is 0.220 e. The van der Waals surface area contributed by atoms with Crippen molar-refractivity contribution >= 4 is 5.91 Å². The molecule has 12 N–H and O–H groups in total. The zero-order valence-corrected chi connectivity index (χ0v) is 39.6. The van der Waals surface area contributed by atoms with Crippen LogP contribution in [0.2, 0.25) is 0 Å². The van der Waals surface area contributed by atoms with Crippen molar-refractivity contribution < 1.29 is 89.4 Å². The molecule has 3 saturated heterocycles. The predicted octanol–water partition coefficient (Wildman–Crippen LogP) is 1.03. The van der Waals surface area contributed by atoms with Gasteiger partial charge in [-0.05, 0) is 44.9 Å². The van der Waals surface area contributed by atoms with Crippen molar-refractivity contribution in [1.82, 2.24) is 5.32 Å². The Morgan fingerprint density at radius 2 is 0.955 bits per heavy atom. The summed E-state index contributed by atoms with van der Waals surface area (Å²) >= 11 is 0.